The Kier molecular flexibility index (Phi) is 3.59. The highest BCUT2D eigenvalue weighted by molar-refractivity contribution is 5.67. The van der Waals surface area contributed by atoms with E-state index in [9.17, 15) is 0 Å². The molecule has 2 nitrogen and oxygen atoms in total. The van der Waals surface area contributed by atoms with E-state index < -0.39 is 0 Å². The van der Waals surface area contributed by atoms with Gasteiger partial charge in [-0.3, -0.25) is 0 Å². The summed E-state index contributed by atoms with van der Waals surface area (Å²) in [5, 5.41) is 3.91. The molecule has 1 fully saturated rings. The van der Waals surface area contributed by atoms with Crippen molar-refractivity contribution in [2.24, 2.45) is 11.1 Å². The van der Waals surface area contributed by atoms with Crippen molar-refractivity contribution in [3.63, 3.8) is 0 Å². The first kappa shape index (κ1) is 12.0. The fourth-order valence-corrected chi connectivity index (χ4v) is 1.97. The summed E-state index contributed by atoms with van der Waals surface area (Å²) in [4.78, 5) is 5.35. The van der Waals surface area contributed by atoms with Crippen molar-refractivity contribution >= 4 is 6.21 Å². The first-order valence-electron chi connectivity index (χ1n) is 6.64. The quantitative estimate of drug-likeness (QED) is 0.577. The Balaban J connectivity index is 1.73. The van der Waals surface area contributed by atoms with Gasteiger partial charge in [-0.25, -0.2) is 0 Å². The van der Waals surface area contributed by atoms with Gasteiger partial charge in [-0.05, 0) is 29.5 Å². The van der Waals surface area contributed by atoms with Gasteiger partial charge >= 0.3 is 0 Å². The summed E-state index contributed by atoms with van der Waals surface area (Å²) in [6.45, 7) is 0.491. The van der Waals surface area contributed by atoms with Crippen molar-refractivity contribution in [3.8, 4) is 11.1 Å². The molecule has 2 aromatic carbocycles. The van der Waals surface area contributed by atoms with Crippen LogP contribution in [0.15, 0.2) is 59.8 Å². The van der Waals surface area contributed by atoms with Gasteiger partial charge in [0.1, 0.15) is 12.8 Å². The lowest BCUT2D eigenvalue weighted by atomic mass is 10.0. The minimum absolute atomic E-state index is 0.491. The standard InChI is InChI=1S/C17H16NO/c1-2-6-15(7-3-1)17-9-5-4-8-16(17)13-19-18-12-14-10-11-14/h1-9,14H,10-11,13H2. The van der Waals surface area contributed by atoms with Gasteiger partial charge in [-0.1, -0.05) is 59.8 Å². The predicted molar refractivity (Wildman–Crippen MR) is 76.8 cm³/mol. The van der Waals surface area contributed by atoms with Gasteiger partial charge in [-0.2, -0.15) is 0 Å². The summed E-state index contributed by atoms with van der Waals surface area (Å²) >= 11 is 0. The summed E-state index contributed by atoms with van der Waals surface area (Å²) in [5.74, 6) is 0.532. The maximum atomic E-state index is 5.35. The highest BCUT2D eigenvalue weighted by atomic mass is 16.6. The molecule has 0 saturated heterocycles. The van der Waals surface area contributed by atoms with Crippen molar-refractivity contribution in [1.82, 2.24) is 0 Å². The zero-order valence-electron chi connectivity index (χ0n) is 10.8. The Morgan fingerprint density at radius 2 is 1.74 bits per heavy atom. The van der Waals surface area contributed by atoms with E-state index in [0.29, 0.717) is 12.5 Å². The fraction of sp³-hybridized carbons (Fsp3) is 0.235. The molecule has 0 amide bonds. The predicted octanol–water partition coefficient (Wildman–Crippen LogP) is 4.14. The van der Waals surface area contributed by atoms with Crippen LogP contribution >= 0.6 is 0 Å². The van der Waals surface area contributed by atoms with Crippen molar-refractivity contribution in [3.05, 3.63) is 60.2 Å². The highest BCUT2D eigenvalue weighted by Gasteiger charge is 2.19. The molecule has 0 aliphatic heterocycles. The van der Waals surface area contributed by atoms with E-state index in [1.54, 1.807) is 0 Å². The molecular formula is C17H16NO. The van der Waals surface area contributed by atoms with Crippen LogP contribution < -0.4 is 0 Å². The lowest BCUT2D eigenvalue weighted by Gasteiger charge is -2.08. The maximum Gasteiger partial charge on any atom is 0.142 e. The van der Waals surface area contributed by atoms with Crippen molar-refractivity contribution in [2.45, 2.75) is 19.4 Å². The molecule has 0 spiro atoms. The van der Waals surface area contributed by atoms with Gasteiger partial charge in [0.15, 0.2) is 0 Å². The van der Waals surface area contributed by atoms with E-state index in [1.807, 2.05) is 30.3 Å². The minimum Gasteiger partial charge on any atom is -0.391 e. The average molecular weight is 250 g/mol. The third-order valence-corrected chi connectivity index (χ3v) is 3.20. The topological polar surface area (TPSA) is 21.6 Å². The molecule has 19 heavy (non-hydrogen) atoms. The second-order valence-electron chi connectivity index (χ2n) is 4.79. The van der Waals surface area contributed by atoms with Crippen LogP contribution in [-0.2, 0) is 11.4 Å². The lowest BCUT2D eigenvalue weighted by molar-refractivity contribution is 0.131. The van der Waals surface area contributed by atoms with Crippen LogP contribution in [0.3, 0.4) is 0 Å². The second kappa shape index (κ2) is 5.70. The van der Waals surface area contributed by atoms with E-state index in [0.717, 1.165) is 5.56 Å². The Hall–Kier alpha value is -2.09. The highest BCUT2D eigenvalue weighted by Crippen LogP contribution is 2.27. The zero-order valence-corrected chi connectivity index (χ0v) is 10.8. The van der Waals surface area contributed by atoms with E-state index in [2.05, 4.69) is 35.6 Å². The van der Waals surface area contributed by atoms with Crippen LogP contribution in [0.4, 0.5) is 0 Å². The SMILES string of the molecule is [C](=N\OCc1ccccc1-c1ccccc1)/C1CC1. The number of hydrogen-bond acceptors (Lipinski definition) is 2. The van der Waals surface area contributed by atoms with E-state index in [-0.39, 0.29) is 0 Å². The second-order valence-corrected chi connectivity index (χ2v) is 4.79. The van der Waals surface area contributed by atoms with Crippen LogP contribution in [0.5, 0.6) is 0 Å². The molecule has 0 N–H and O–H groups in total. The molecule has 2 aromatic rings. The summed E-state index contributed by atoms with van der Waals surface area (Å²) in [5.41, 5.74) is 3.55. The normalized spacial score (nSPS) is 14.7. The molecule has 1 saturated carbocycles. The number of nitrogens with zero attached hydrogens (tertiary/aromatic N) is 1. The Morgan fingerprint density at radius 1 is 1.00 bits per heavy atom. The van der Waals surface area contributed by atoms with Gasteiger partial charge in [0.05, 0.1) is 0 Å². The zero-order chi connectivity index (χ0) is 12.9. The van der Waals surface area contributed by atoms with Crippen LogP contribution in [0.1, 0.15) is 18.4 Å². The molecule has 95 valence electrons. The van der Waals surface area contributed by atoms with Crippen molar-refractivity contribution < 1.29 is 4.84 Å². The minimum atomic E-state index is 0.491. The fourth-order valence-electron chi connectivity index (χ4n) is 1.97. The molecule has 0 aromatic heterocycles. The van der Waals surface area contributed by atoms with Crippen LogP contribution in [0, 0.1) is 5.92 Å². The van der Waals surface area contributed by atoms with Crippen LogP contribution in [0.2, 0.25) is 0 Å². The largest absolute Gasteiger partial charge is 0.391 e. The van der Waals surface area contributed by atoms with Gasteiger partial charge < -0.3 is 4.84 Å². The lowest BCUT2D eigenvalue weighted by Crippen LogP contribution is -1.92. The van der Waals surface area contributed by atoms with E-state index >= 15 is 0 Å². The molecule has 1 radical (unpaired) electrons. The number of benzene rings is 2. The van der Waals surface area contributed by atoms with Crippen molar-refractivity contribution in [2.75, 3.05) is 0 Å². The summed E-state index contributed by atoms with van der Waals surface area (Å²) in [6.07, 6.45) is 5.39. The summed E-state index contributed by atoms with van der Waals surface area (Å²) in [6, 6.07) is 18.6. The van der Waals surface area contributed by atoms with Crippen LogP contribution in [-0.4, -0.2) is 6.21 Å². The smallest absolute Gasteiger partial charge is 0.142 e. The van der Waals surface area contributed by atoms with Gasteiger partial charge in [-0.15, -0.1) is 0 Å². The Morgan fingerprint density at radius 3 is 2.53 bits per heavy atom. The van der Waals surface area contributed by atoms with Crippen LogP contribution in [0.25, 0.3) is 11.1 Å². The third-order valence-electron chi connectivity index (χ3n) is 3.20. The molecular weight excluding hydrogens is 234 g/mol. The van der Waals surface area contributed by atoms with E-state index in [1.165, 1.54) is 24.0 Å². The van der Waals surface area contributed by atoms with Gasteiger partial charge in [0, 0.05) is 5.92 Å². The first-order valence-corrected chi connectivity index (χ1v) is 6.64. The van der Waals surface area contributed by atoms with Gasteiger partial charge in [0.2, 0.25) is 0 Å². The molecule has 0 atom stereocenters. The monoisotopic (exact) mass is 250 g/mol. The van der Waals surface area contributed by atoms with Gasteiger partial charge in [0.25, 0.3) is 0 Å². The van der Waals surface area contributed by atoms with E-state index in [4.69, 9.17) is 4.84 Å². The number of rotatable bonds is 5. The summed E-state index contributed by atoms with van der Waals surface area (Å²) in [7, 11) is 0. The molecule has 1 aliphatic rings. The maximum absolute atomic E-state index is 5.35. The Labute approximate surface area is 113 Å². The number of hydrogen-bond donors (Lipinski definition) is 0. The third kappa shape index (κ3) is 3.22. The molecule has 3 rings (SSSR count). The Bertz CT molecular complexity index is 558. The molecule has 0 unspecified atom stereocenters. The molecule has 0 bridgehead atoms. The molecule has 1 aliphatic carbocycles. The molecule has 2 heteroatoms. The van der Waals surface area contributed by atoms with Crippen molar-refractivity contribution in [1.29, 1.82) is 0 Å². The average Bonchev–Trinajstić information content (AvgIpc) is 3.29. The summed E-state index contributed by atoms with van der Waals surface area (Å²) < 4.78 is 0. The molecule has 0 heterocycles. The first-order chi connectivity index (χ1) is 9.43.